The maximum atomic E-state index is 12.6. The van der Waals surface area contributed by atoms with Gasteiger partial charge in [0.2, 0.25) is 0 Å². The molecule has 112 valence electrons. The predicted octanol–water partition coefficient (Wildman–Crippen LogP) is 1.20. The highest BCUT2D eigenvalue weighted by atomic mass is 35.5. The van der Waals surface area contributed by atoms with E-state index in [2.05, 4.69) is 5.32 Å². The number of hydrogen-bond donors (Lipinski definition) is 1. The van der Waals surface area contributed by atoms with Gasteiger partial charge in [0.05, 0.1) is 12.5 Å². The molecule has 8 heteroatoms. The molecule has 19 heavy (non-hydrogen) atoms. The van der Waals surface area contributed by atoms with E-state index in [1.165, 1.54) is 4.90 Å². The molecule has 0 aromatic rings. The first kappa shape index (κ1) is 16.5. The van der Waals surface area contributed by atoms with Crippen LogP contribution in [-0.2, 0) is 9.53 Å². The minimum Gasteiger partial charge on any atom is -0.366 e. The molecule has 2 aliphatic heterocycles. The van der Waals surface area contributed by atoms with Gasteiger partial charge in [0, 0.05) is 26.2 Å². The Morgan fingerprint density at radius 1 is 1.37 bits per heavy atom. The van der Waals surface area contributed by atoms with Gasteiger partial charge in [0.25, 0.3) is 5.91 Å². The molecule has 0 bridgehead atoms. The molecule has 2 heterocycles. The van der Waals surface area contributed by atoms with Crippen molar-refractivity contribution in [3.05, 3.63) is 0 Å². The van der Waals surface area contributed by atoms with Crippen molar-refractivity contribution in [3.63, 3.8) is 0 Å². The molecule has 2 unspecified atom stereocenters. The molecule has 1 amide bonds. The lowest BCUT2D eigenvalue weighted by atomic mass is 9.97. The summed E-state index contributed by atoms with van der Waals surface area (Å²) in [7, 11) is 0. The van der Waals surface area contributed by atoms with Gasteiger partial charge in [-0.2, -0.15) is 13.2 Å². The minimum absolute atomic E-state index is 0. The second kappa shape index (κ2) is 6.76. The molecular formula is C11H18ClF3N2O2. The van der Waals surface area contributed by atoms with Crippen molar-refractivity contribution in [1.29, 1.82) is 0 Å². The SMILES string of the molecule is Cl.O=C(C1CNCCO1)N1CCCC(C(F)(F)F)C1. The Morgan fingerprint density at radius 3 is 2.68 bits per heavy atom. The quantitative estimate of drug-likeness (QED) is 0.791. The summed E-state index contributed by atoms with van der Waals surface area (Å²) in [5.74, 6) is -1.72. The molecule has 2 fully saturated rings. The molecule has 0 aliphatic carbocycles. The van der Waals surface area contributed by atoms with Gasteiger partial charge in [-0.15, -0.1) is 12.4 Å². The molecule has 2 atom stereocenters. The van der Waals surface area contributed by atoms with E-state index in [0.717, 1.165) is 0 Å². The van der Waals surface area contributed by atoms with Crippen LogP contribution in [0.15, 0.2) is 0 Å². The number of likely N-dealkylation sites (tertiary alicyclic amines) is 1. The summed E-state index contributed by atoms with van der Waals surface area (Å²) >= 11 is 0. The number of halogens is 4. The first-order chi connectivity index (χ1) is 8.48. The molecule has 1 N–H and O–H groups in total. The fourth-order valence-electron chi connectivity index (χ4n) is 2.37. The molecule has 0 spiro atoms. The molecule has 0 aromatic carbocycles. The lowest BCUT2D eigenvalue weighted by Crippen LogP contribution is -2.53. The summed E-state index contributed by atoms with van der Waals surface area (Å²) in [6, 6.07) is 0. The summed E-state index contributed by atoms with van der Waals surface area (Å²) in [5, 5.41) is 3.00. The average molecular weight is 303 g/mol. The minimum atomic E-state index is -4.22. The van der Waals surface area contributed by atoms with Crippen molar-refractivity contribution in [2.24, 2.45) is 5.92 Å². The highest BCUT2D eigenvalue weighted by Gasteiger charge is 2.43. The summed E-state index contributed by atoms with van der Waals surface area (Å²) < 4.78 is 43.2. The van der Waals surface area contributed by atoms with Crippen LogP contribution in [0.2, 0.25) is 0 Å². The Labute approximate surface area is 116 Å². The first-order valence-corrected chi connectivity index (χ1v) is 6.16. The van der Waals surface area contributed by atoms with Crippen molar-refractivity contribution < 1.29 is 22.7 Å². The van der Waals surface area contributed by atoms with Crippen LogP contribution in [0.4, 0.5) is 13.2 Å². The number of nitrogens with one attached hydrogen (secondary N) is 1. The summed E-state index contributed by atoms with van der Waals surface area (Å²) in [6.07, 6.45) is -4.34. The van der Waals surface area contributed by atoms with Crippen LogP contribution in [0.1, 0.15) is 12.8 Å². The molecule has 0 radical (unpaired) electrons. The van der Waals surface area contributed by atoms with E-state index < -0.39 is 18.2 Å². The summed E-state index contributed by atoms with van der Waals surface area (Å²) in [5.41, 5.74) is 0. The van der Waals surface area contributed by atoms with Crippen molar-refractivity contribution in [3.8, 4) is 0 Å². The predicted molar refractivity (Wildman–Crippen MR) is 65.2 cm³/mol. The lowest BCUT2D eigenvalue weighted by molar-refractivity contribution is -0.190. The smallest absolute Gasteiger partial charge is 0.366 e. The largest absolute Gasteiger partial charge is 0.393 e. The Balaban J connectivity index is 0.00000180. The van der Waals surface area contributed by atoms with Crippen LogP contribution in [0.5, 0.6) is 0 Å². The van der Waals surface area contributed by atoms with Crippen LogP contribution < -0.4 is 5.32 Å². The van der Waals surface area contributed by atoms with Gasteiger partial charge in [0.15, 0.2) is 0 Å². The number of hydrogen-bond acceptors (Lipinski definition) is 3. The van der Waals surface area contributed by atoms with E-state index in [4.69, 9.17) is 4.74 Å². The van der Waals surface area contributed by atoms with Crippen LogP contribution in [0.3, 0.4) is 0 Å². The number of carbonyl (C=O) groups excluding carboxylic acids is 1. The molecule has 0 aromatic heterocycles. The molecular weight excluding hydrogens is 285 g/mol. The number of piperidine rings is 1. The topological polar surface area (TPSA) is 41.6 Å². The number of rotatable bonds is 1. The van der Waals surface area contributed by atoms with Gasteiger partial charge in [-0.25, -0.2) is 0 Å². The number of amides is 1. The zero-order chi connectivity index (χ0) is 13.2. The third-order valence-corrected chi connectivity index (χ3v) is 3.40. The average Bonchev–Trinajstić information content (AvgIpc) is 2.38. The monoisotopic (exact) mass is 302 g/mol. The highest BCUT2D eigenvalue weighted by Crippen LogP contribution is 2.33. The van der Waals surface area contributed by atoms with Gasteiger partial charge in [0.1, 0.15) is 6.10 Å². The van der Waals surface area contributed by atoms with Crippen LogP contribution in [0.25, 0.3) is 0 Å². The van der Waals surface area contributed by atoms with Crippen molar-refractivity contribution >= 4 is 18.3 Å². The zero-order valence-corrected chi connectivity index (χ0v) is 11.2. The second-order valence-electron chi connectivity index (χ2n) is 4.73. The number of carbonyl (C=O) groups is 1. The number of nitrogens with zero attached hydrogens (tertiary/aromatic N) is 1. The van der Waals surface area contributed by atoms with Gasteiger partial charge in [-0.1, -0.05) is 0 Å². The van der Waals surface area contributed by atoms with Crippen LogP contribution >= 0.6 is 12.4 Å². The van der Waals surface area contributed by atoms with E-state index >= 15 is 0 Å². The number of alkyl halides is 3. The maximum Gasteiger partial charge on any atom is 0.393 e. The number of morpholine rings is 1. The van der Waals surface area contributed by atoms with Crippen molar-refractivity contribution in [1.82, 2.24) is 10.2 Å². The standard InChI is InChI=1S/C11H17F3N2O2.ClH/c12-11(13,14)8-2-1-4-16(7-8)10(17)9-6-15-3-5-18-9;/h8-9,15H,1-7H2;1H. The molecule has 0 saturated carbocycles. The van der Waals surface area contributed by atoms with Gasteiger partial charge >= 0.3 is 6.18 Å². The van der Waals surface area contributed by atoms with E-state index in [1.807, 2.05) is 0 Å². The maximum absolute atomic E-state index is 12.6. The van der Waals surface area contributed by atoms with Gasteiger partial charge < -0.3 is 15.0 Å². The van der Waals surface area contributed by atoms with Crippen LogP contribution in [0, 0.1) is 5.92 Å². The Hall–Kier alpha value is -0.530. The van der Waals surface area contributed by atoms with Crippen LogP contribution in [-0.4, -0.2) is 55.9 Å². The normalized spacial score (nSPS) is 28.7. The zero-order valence-electron chi connectivity index (χ0n) is 10.4. The third kappa shape index (κ3) is 4.22. The van der Waals surface area contributed by atoms with E-state index in [1.54, 1.807) is 0 Å². The summed E-state index contributed by atoms with van der Waals surface area (Å²) in [6.45, 7) is 1.64. The van der Waals surface area contributed by atoms with E-state index in [-0.39, 0.29) is 31.3 Å². The fraction of sp³-hybridized carbons (Fsp3) is 0.909. The first-order valence-electron chi connectivity index (χ1n) is 6.16. The van der Waals surface area contributed by atoms with Gasteiger partial charge in [-0.05, 0) is 12.8 Å². The van der Waals surface area contributed by atoms with Crippen molar-refractivity contribution in [2.75, 3.05) is 32.8 Å². The Bertz CT molecular complexity index is 309. The van der Waals surface area contributed by atoms with Crippen molar-refractivity contribution in [2.45, 2.75) is 25.1 Å². The van der Waals surface area contributed by atoms with Gasteiger partial charge in [-0.3, -0.25) is 4.79 Å². The highest BCUT2D eigenvalue weighted by molar-refractivity contribution is 5.85. The lowest BCUT2D eigenvalue weighted by Gasteiger charge is -2.36. The molecule has 2 aliphatic rings. The number of ether oxygens (including phenoxy) is 1. The van der Waals surface area contributed by atoms with E-state index in [0.29, 0.717) is 32.7 Å². The van der Waals surface area contributed by atoms with E-state index in [9.17, 15) is 18.0 Å². The Kier molecular flexibility index (Phi) is 5.88. The third-order valence-electron chi connectivity index (χ3n) is 3.40. The molecule has 2 rings (SSSR count). The Morgan fingerprint density at radius 2 is 2.11 bits per heavy atom. The molecule has 4 nitrogen and oxygen atoms in total. The molecule has 2 saturated heterocycles. The fourth-order valence-corrected chi connectivity index (χ4v) is 2.37. The summed E-state index contributed by atoms with van der Waals surface area (Å²) in [4.78, 5) is 13.3. The second-order valence-corrected chi connectivity index (χ2v) is 4.73.